The molecule has 1 aromatic carbocycles. The summed E-state index contributed by atoms with van der Waals surface area (Å²) in [6, 6.07) is 8.76. The topological polar surface area (TPSA) is 32.7 Å². The summed E-state index contributed by atoms with van der Waals surface area (Å²) in [5.41, 5.74) is 4.45. The summed E-state index contributed by atoms with van der Waals surface area (Å²) >= 11 is 0. The van der Waals surface area contributed by atoms with Gasteiger partial charge in [-0.3, -0.25) is 4.90 Å². The van der Waals surface area contributed by atoms with E-state index in [1.54, 1.807) is 0 Å². The van der Waals surface area contributed by atoms with E-state index in [-0.39, 0.29) is 11.6 Å². The first kappa shape index (κ1) is 24.2. The van der Waals surface area contributed by atoms with Gasteiger partial charge in [0.25, 0.3) is 0 Å². The van der Waals surface area contributed by atoms with Gasteiger partial charge in [-0.15, -0.1) is 0 Å². The summed E-state index contributed by atoms with van der Waals surface area (Å²) in [7, 11) is 2.16. The van der Waals surface area contributed by atoms with Gasteiger partial charge >= 0.3 is 0 Å². The first-order chi connectivity index (χ1) is 14.7. The highest BCUT2D eigenvalue weighted by Crippen LogP contribution is 2.47. The molecule has 0 spiro atoms. The molecule has 0 radical (unpaired) electrons. The van der Waals surface area contributed by atoms with E-state index in [0.717, 1.165) is 51.9 Å². The van der Waals surface area contributed by atoms with Gasteiger partial charge in [0.15, 0.2) is 0 Å². The molecule has 2 aliphatic rings. The van der Waals surface area contributed by atoms with Crippen molar-refractivity contribution in [2.75, 3.05) is 26.8 Å². The Morgan fingerprint density at radius 2 is 2.00 bits per heavy atom. The monoisotopic (exact) mass is 425 g/mol. The summed E-state index contributed by atoms with van der Waals surface area (Å²) in [6.07, 6.45) is 12.0. The van der Waals surface area contributed by atoms with Crippen LogP contribution in [-0.2, 0) is 11.2 Å². The molecule has 0 amide bonds. The lowest BCUT2D eigenvalue weighted by atomic mass is 9.89. The van der Waals surface area contributed by atoms with Gasteiger partial charge in [-0.05, 0) is 84.2 Å². The minimum absolute atomic E-state index is 0.188. The quantitative estimate of drug-likeness (QED) is 0.393. The molecule has 0 heterocycles. The zero-order chi connectivity index (χ0) is 22.4. The zero-order valence-electron chi connectivity index (χ0n) is 20.3. The number of ether oxygens (including phenoxy) is 1. The first-order valence-corrected chi connectivity index (χ1v) is 12.1. The predicted molar refractivity (Wildman–Crippen MR) is 130 cm³/mol. The number of nitrogens with zero attached hydrogens (tertiary/aromatic N) is 1. The van der Waals surface area contributed by atoms with E-state index in [9.17, 15) is 5.11 Å². The van der Waals surface area contributed by atoms with E-state index in [4.69, 9.17) is 4.74 Å². The molecule has 1 N–H and O–H groups in total. The number of hydrogen-bond acceptors (Lipinski definition) is 3. The van der Waals surface area contributed by atoms with Crippen LogP contribution in [0.15, 0.2) is 48.1 Å². The molecule has 0 saturated heterocycles. The van der Waals surface area contributed by atoms with Crippen LogP contribution >= 0.6 is 0 Å². The molecule has 0 bridgehead atoms. The lowest BCUT2D eigenvalue weighted by molar-refractivity contribution is 0.0820. The van der Waals surface area contributed by atoms with Crippen LogP contribution in [0.1, 0.15) is 57.6 Å². The van der Waals surface area contributed by atoms with Gasteiger partial charge in [0.2, 0.25) is 0 Å². The average molecular weight is 426 g/mol. The number of hydrogen-bond donors (Lipinski definition) is 1. The fraction of sp³-hybridized carbons (Fsp3) is 0.643. The van der Waals surface area contributed by atoms with Crippen molar-refractivity contribution in [2.45, 2.75) is 71.4 Å². The van der Waals surface area contributed by atoms with E-state index in [0.29, 0.717) is 17.8 Å². The molecule has 0 unspecified atom stereocenters. The molecule has 2 aliphatic carbocycles. The van der Waals surface area contributed by atoms with E-state index in [1.807, 2.05) is 0 Å². The summed E-state index contributed by atoms with van der Waals surface area (Å²) in [5.74, 6) is 1.42. The lowest BCUT2D eigenvalue weighted by Gasteiger charge is -2.31. The molecule has 3 rings (SSSR count). The van der Waals surface area contributed by atoms with E-state index in [1.165, 1.54) is 16.7 Å². The van der Waals surface area contributed by atoms with Crippen molar-refractivity contribution in [3.63, 3.8) is 0 Å². The Bertz CT molecular complexity index is 761. The summed E-state index contributed by atoms with van der Waals surface area (Å²) in [4.78, 5) is 2.34. The van der Waals surface area contributed by atoms with Crippen molar-refractivity contribution < 1.29 is 9.84 Å². The number of fused-ring (bicyclic) bond motifs is 1. The van der Waals surface area contributed by atoms with E-state index < -0.39 is 0 Å². The van der Waals surface area contributed by atoms with Crippen LogP contribution in [0.3, 0.4) is 0 Å². The molecule has 0 aromatic heterocycles. The second-order valence-corrected chi connectivity index (χ2v) is 10.6. The van der Waals surface area contributed by atoms with Crippen LogP contribution in [0.2, 0.25) is 0 Å². The van der Waals surface area contributed by atoms with Crippen molar-refractivity contribution >= 4 is 0 Å². The first-order valence-electron chi connectivity index (χ1n) is 12.1. The minimum Gasteiger partial charge on any atom is -0.392 e. The molecule has 1 fully saturated rings. The summed E-state index contributed by atoms with van der Waals surface area (Å²) < 4.78 is 5.92. The molecule has 1 saturated carbocycles. The Kier molecular flexibility index (Phi) is 8.55. The van der Waals surface area contributed by atoms with Gasteiger partial charge in [0, 0.05) is 18.0 Å². The number of aliphatic hydroxyl groups excluding tert-OH is 1. The molecule has 3 nitrogen and oxygen atoms in total. The number of rotatable bonds is 10. The maximum atomic E-state index is 10.6. The Hall–Kier alpha value is -1.42. The highest BCUT2D eigenvalue weighted by atomic mass is 16.5. The fourth-order valence-electron chi connectivity index (χ4n) is 5.00. The van der Waals surface area contributed by atoms with Crippen LogP contribution < -0.4 is 0 Å². The number of aliphatic hydroxyl groups is 1. The van der Waals surface area contributed by atoms with Crippen molar-refractivity contribution in [1.29, 1.82) is 0 Å². The Labute approximate surface area is 190 Å². The number of aryl methyl sites for hydroxylation is 2. The molecule has 31 heavy (non-hydrogen) atoms. The average Bonchev–Trinajstić information content (AvgIpc) is 3.21. The number of likely N-dealkylation sites (N-methyl/N-ethyl adjacent to an activating group) is 1. The Morgan fingerprint density at radius 1 is 1.19 bits per heavy atom. The van der Waals surface area contributed by atoms with E-state index >= 15 is 0 Å². The molecule has 4 atom stereocenters. The largest absolute Gasteiger partial charge is 0.392 e. The van der Waals surface area contributed by atoms with Crippen molar-refractivity contribution in [3.05, 3.63) is 59.2 Å². The van der Waals surface area contributed by atoms with Gasteiger partial charge in [-0.1, -0.05) is 53.6 Å². The third-order valence-electron chi connectivity index (χ3n) is 7.27. The smallest absolute Gasteiger partial charge is 0.0611 e. The standard InChI is InChI=1S/C28H43NO2/c1-21-9-8-11-22(17-21)10-6-7-12-25-26-19-23(18-24(26)20-27(25)30)13-15-31-16-14-29(5)28(2,3)4/h7-9,11-12,17-18,24-27,30H,6,10,13-16,19-20H2,1-5H3/b12-7+/t24-,25+,26-,27+/m0/s1. The molecule has 1 aromatic rings. The molecular weight excluding hydrogens is 382 g/mol. The second-order valence-electron chi connectivity index (χ2n) is 10.6. The van der Waals surface area contributed by atoms with Crippen LogP contribution in [0.4, 0.5) is 0 Å². The fourth-order valence-corrected chi connectivity index (χ4v) is 5.00. The predicted octanol–water partition coefficient (Wildman–Crippen LogP) is 5.56. The van der Waals surface area contributed by atoms with Crippen LogP contribution in [0.5, 0.6) is 0 Å². The van der Waals surface area contributed by atoms with Gasteiger partial charge in [0.05, 0.1) is 19.3 Å². The third kappa shape index (κ3) is 7.03. The summed E-state index contributed by atoms with van der Waals surface area (Å²) in [5, 5.41) is 10.6. The maximum Gasteiger partial charge on any atom is 0.0611 e. The highest BCUT2D eigenvalue weighted by molar-refractivity contribution is 5.23. The number of allylic oxidation sites excluding steroid dienone is 2. The normalized spacial score (nSPS) is 26.1. The summed E-state index contributed by atoms with van der Waals surface area (Å²) in [6.45, 7) is 11.4. The Morgan fingerprint density at radius 3 is 2.74 bits per heavy atom. The maximum absolute atomic E-state index is 10.6. The molecule has 0 aliphatic heterocycles. The molecule has 172 valence electrons. The van der Waals surface area contributed by atoms with Crippen LogP contribution in [0.25, 0.3) is 0 Å². The SMILES string of the molecule is Cc1cccc(CC/C=C/[C@@H]2[C@H]3CC(CCOCCN(C)C(C)(C)C)=C[C@H]3C[C@H]2O)c1. The van der Waals surface area contributed by atoms with Crippen LogP contribution in [-0.4, -0.2) is 48.5 Å². The highest BCUT2D eigenvalue weighted by Gasteiger charge is 2.43. The number of benzene rings is 1. The van der Waals surface area contributed by atoms with Gasteiger partial charge in [-0.25, -0.2) is 0 Å². The lowest BCUT2D eigenvalue weighted by Crippen LogP contribution is -2.40. The Balaban J connectivity index is 1.38. The van der Waals surface area contributed by atoms with Gasteiger partial charge < -0.3 is 9.84 Å². The van der Waals surface area contributed by atoms with Crippen molar-refractivity contribution in [2.24, 2.45) is 17.8 Å². The minimum atomic E-state index is -0.188. The zero-order valence-corrected chi connectivity index (χ0v) is 20.3. The molecular formula is C28H43NO2. The second kappa shape index (κ2) is 10.9. The van der Waals surface area contributed by atoms with Gasteiger partial charge in [0.1, 0.15) is 0 Å². The van der Waals surface area contributed by atoms with Crippen molar-refractivity contribution in [1.82, 2.24) is 4.90 Å². The van der Waals surface area contributed by atoms with Crippen molar-refractivity contribution in [3.8, 4) is 0 Å². The van der Waals surface area contributed by atoms with E-state index in [2.05, 4.69) is 82.1 Å². The molecule has 3 heteroatoms. The third-order valence-corrected chi connectivity index (χ3v) is 7.27. The van der Waals surface area contributed by atoms with Gasteiger partial charge in [-0.2, -0.15) is 0 Å². The van der Waals surface area contributed by atoms with Crippen LogP contribution in [0, 0.1) is 24.7 Å².